The maximum absolute atomic E-state index is 12.9. The van der Waals surface area contributed by atoms with Gasteiger partial charge < -0.3 is 4.57 Å². The molecule has 0 saturated heterocycles. The molecule has 104 valence electrons. The molecule has 5 rings (SSSR count). The van der Waals surface area contributed by atoms with Crippen LogP contribution >= 0.6 is 11.8 Å². The van der Waals surface area contributed by atoms with E-state index in [1.807, 2.05) is 12.1 Å². The van der Waals surface area contributed by atoms with Gasteiger partial charge in [0.2, 0.25) is 9.84 Å². The molecule has 0 aliphatic carbocycles. The van der Waals surface area contributed by atoms with Gasteiger partial charge in [0.05, 0.1) is 16.5 Å². The first-order valence-corrected chi connectivity index (χ1v) is 8.77. The molecule has 0 unspecified atom stereocenters. The third-order valence-corrected chi connectivity index (χ3v) is 7.53. The zero-order valence-electron chi connectivity index (χ0n) is 10.5. The van der Waals surface area contributed by atoms with Gasteiger partial charge >= 0.3 is 0 Å². The number of aromatic nitrogens is 4. The van der Waals surface area contributed by atoms with Crippen LogP contribution in [0.2, 0.25) is 0 Å². The van der Waals surface area contributed by atoms with E-state index in [1.165, 1.54) is 18.1 Å². The van der Waals surface area contributed by atoms with Crippen molar-refractivity contribution in [3.63, 3.8) is 0 Å². The Morgan fingerprint density at radius 3 is 2.90 bits per heavy atom. The number of benzene rings is 1. The highest BCUT2D eigenvalue weighted by Crippen LogP contribution is 2.57. The molecule has 0 spiro atoms. The normalized spacial score (nSPS) is 24.8. The Bertz CT molecular complexity index is 1010. The summed E-state index contributed by atoms with van der Waals surface area (Å²) < 4.78 is 27.4. The van der Waals surface area contributed by atoms with E-state index in [4.69, 9.17) is 0 Å². The van der Waals surface area contributed by atoms with Crippen LogP contribution in [0.5, 0.6) is 0 Å². The second-order valence-electron chi connectivity index (χ2n) is 5.01. The number of imidazole rings is 1. The number of thioether (sulfide) groups is 1. The van der Waals surface area contributed by atoms with Crippen molar-refractivity contribution in [1.29, 1.82) is 0 Å². The fourth-order valence-corrected chi connectivity index (χ4v) is 6.99. The molecule has 6 nitrogen and oxygen atoms in total. The molecule has 0 N–H and O–H groups in total. The van der Waals surface area contributed by atoms with Gasteiger partial charge in [-0.1, -0.05) is 30.0 Å². The minimum Gasteiger partial charge on any atom is -0.307 e. The van der Waals surface area contributed by atoms with Crippen LogP contribution in [0.15, 0.2) is 46.8 Å². The van der Waals surface area contributed by atoms with Gasteiger partial charge in [-0.05, 0) is 11.6 Å². The lowest BCUT2D eigenvalue weighted by Gasteiger charge is -2.25. The number of fused-ring (bicyclic) bond motifs is 4. The molecular weight excluding hydrogens is 308 g/mol. The van der Waals surface area contributed by atoms with Crippen molar-refractivity contribution < 1.29 is 8.42 Å². The Morgan fingerprint density at radius 1 is 1.14 bits per heavy atom. The van der Waals surface area contributed by atoms with Crippen LogP contribution in [0.3, 0.4) is 0 Å². The van der Waals surface area contributed by atoms with E-state index in [0.717, 1.165) is 10.6 Å². The molecule has 3 aromatic rings. The standard InChI is InChI=1S/C13H8N4O2S2/c18-21(19)8-4-2-1-3-7(8)10-13(21)17-6-16-11-9(17)12(20-10)15-5-14-11/h1-6,10,13H/t10-,13-/m0/s1. The molecule has 1 aromatic carbocycles. The lowest BCUT2D eigenvalue weighted by molar-refractivity contribution is 0.556. The molecule has 2 aliphatic heterocycles. The Balaban J connectivity index is 1.90. The van der Waals surface area contributed by atoms with Gasteiger partial charge in [-0.25, -0.2) is 23.4 Å². The molecule has 0 radical (unpaired) electrons. The van der Waals surface area contributed by atoms with E-state index < -0.39 is 15.2 Å². The van der Waals surface area contributed by atoms with Gasteiger partial charge in [0.1, 0.15) is 16.9 Å². The van der Waals surface area contributed by atoms with Gasteiger partial charge in [0.15, 0.2) is 11.0 Å². The molecule has 2 aliphatic rings. The number of hydrogen-bond donors (Lipinski definition) is 0. The van der Waals surface area contributed by atoms with Crippen molar-refractivity contribution in [3.05, 3.63) is 42.5 Å². The van der Waals surface area contributed by atoms with Crippen molar-refractivity contribution in [2.45, 2.75) is 20.5 Å². The van der Waals surface area contributed by atoms with Crippen LogP contribution < -0.4 is 0 Å². The summed E-state index contributed by atoms with van der Waals surface area (Å²) in [6.07, 6.45) is 3.03. The average molecular weight is 316 g/mol. The van der Waals surface area contributed by atoms with Crippen LogP contribution in [0.25, 0.3) is 11.2 Å². The summed E-state index contributed by atoms with van der Waals surface area (Å²) in [6, 6.07) is 7.18. The highest BCUT2D eigenvalue weighted by molar-refractivity contribution is 8.01. The quantitative estimate of drug-likeness (QED) is 0.590. The lowest BCUT2D eigenvalue weighted by atomic mass is 10.1. The molecule has 4 heterocycles. The lowest BCUT2D eigenvalue weighted by Crippen LogP contribution is -2.21. The van der Waals surface area contributed by atoms with E-state index in [1.54, 1.807) is 23.0 Å². The highest BCUT2D eigenvalue weighted by atomic mass is 32.2. The predicted octanol–water partition coefficient (Wildman–Crippen LogP) is 1.96. The van der Waals surface area contributed by atoms with E-state index in [9.17, 15) is 8.42 Å². The topological polar surface area (TPSA) is 77.7 Å². The van der Waals surface area contributed by atoms with Crippen molar-refractivity contribution in [2.75, 3.05) is 0 Å². The minimum absolute atomic E-state index is 0.189. The molecule has 2 aromatic heterocycles. The molecule has 2 atom stereocenters. The summed E-state index contributed by atoms with van der Waals surface area (Å²) in [7, 11) is -3.42. The van der Waals surface area contributed by atoms with Crippen LogP contribution in [0.1, 0.15) is 16.2 Å². The van der Waals surface area contributed by atoms with Gasteiger partial charge in [-0.15, -0.1) is 0 Å². The Morgan fingerprint density at radius 2 is 2.00 bits per heavy atom. The predicted molar refractivity (Wildman–Crippen MR) is 76.6 cm³/mol. The second-order valence-corrected chi connectivity index (χ2v) is 8.16. The minimum atomic E-state index is -3.42. The van der Waals surface area contributed by atoms with E-state index in [0.29, 0.717) is 16.1 Å². The zero-order valence-corrected chi connectivity index (χ0v) is 12.2. The van der Waals surface area contributed by atoms with E-state index in [-0.39, 0.29) is 5.25 Å². The summed E-state index contributed by atoms with van der Waals surface area (Å²) in [5.41, 5.74) is 2.09. The first kappa shape index (κ1) is 11.7. The number of nitrogens with zero attached hydrogens (tertiary/aromatic N) is 4. The number of hydrogen-bond acceptors (Lipinski definition) is 6. The molecule has 0 amide bonds. The van der Waals surface area contributed by atoms with Gasteiger partial charge in [-0.3, -0.25) is 0 Å². The van der Waals surface area contributed by atoms with Crippen LogP contribution in [0.4, 0.5) is 0 Å². The Labute approximate surface area is 124 Å². The first-order chi connectivity index (χ1) is 10.2. The highest BCUT2D eigenvalue weighted by Gasteiger charge is 2.49. The molecule has 21 heavy (non-hydrogen) atoms. The maximum Gasteiger partial charge on any atom is 0.201 e. The molecule has 0 bridgehead atoms. The maximum atomic E-state index is 12.9. The summed E-state index contributed by atoms with van der Waals surface area (Å²) in [5, 5.41) is -0.0694. The van der Waals surface area contributed by atoms with Gasteiger partial charge in [0.25, 0.3) is 0 Å². The SMILES string of the molecule is O=S1(=O)c2ccccc2[C@@H]2Sc3ncnc4ncn(c34)[C@H]21. The fraction of sp³-hybridized carbons (Fsp3) is 0.154. The summed E-state index contributed by atoms with van der Waals surface area (Å²) in [4.78, 5) is 13.0. The Hall–Kier alpha value is -1.93. The largest absolute Gasteiger partial charge is 0.307 e. The third-order valence-electron chi connectivity index (χ3n) is 3.95. The molecule has 8 heteroatoms. The van der Waals surface area contributed by atoms with Crippen LogP contribution in [0, 0.1) is 0 Å². The molecular formula is C13H8N4O2S2. The van der Waals surface area contributed by atoms with Crippen LogP contribution in [-0.2, 0) is 9.84 Å². The first-order valence-electron chi connectivity index (χ1n) is 6.35. The van der Waals surface area contributed by atoms with Crippen molar-refractivity contribution >= 4 is 32.8 Å². The fourth-order valence-electron chi connectivity index (χ4n) is 3.09. The zero-order chi connectivity index (χ0) is 14.2. The van der Waals surface area contributed by atoms with Gasteiger partial charge in [-0.2, -0.15) is 0 Å². The summed E-state index contributed by atoms with van der Waals surface area (Å²) >= 11 is 1.48. The summed E-state index contributed by atoms with van der Waals surface area (Å²) in [5.74, 6) is 0. The molecule has 0 saturated carbocycles. The van der Waals surface area contributed by atoms with Crippen molar-refractivity contribution in [3.8, 4) is 0 Å². The van der Waals surface area contributed by atoms with Crippen molar-refractivity contribution in [2.24, 2.45) is 0 Å². The molecule has 0 fully saturated rings. The Kier molecular flexibility index (Phi) is 2.02. The average Bonchev–Trinajstić information content (AvgIpc) is 3.01. The number of rotatable bonds is 0. The van der Waals surface area contributed by atoms with E-state index in [2.05, 4.69) is 15.0 Å². The number of sulfone groups is 1. The monoisotopic (exact) mass is 316 g/mol. The van der Waals surface area contributed by atoms with Crippen LogP contribution in [-0.4, -0.2) is 27.9 Å². The van der Waals surface area contributed by atoms with Crippen molar-refractivity contribution in [1.82, 2.24) is 19.5 Å². The second kappa shape index (κ2) is 3.63. The van der Waals surface area contributed by atoms with E-state index >= 15 is 0 Å². The smallest absolute Gasteiger partial charge is 0.201 e. The van der Waals surface area contributed by atoms with Gasteiger partial charge in [0, 0.05) is 0 Å². The third kappa shape index (κ3) is 1.29. The summed E-state index contributed by atoms with van der Waals surface area (Å²) in [6.45, 7) is 0.